The largest absolute Gasteiger partial charge is 0.490 e. The molecule has 0 bridgehead atoms. The van der Waals surface area contributed by atoms with Gasteiger partial charge in [-0.05, 0) is 44.7 Å². The Hall–Kier alpha value is -1.02. The number of hydrogen-bond donors (Lipinski definition) is 1. The first-order chi connectivity index (χ1) is 8.06. The van der Waals surface area contributed by atoms with Crippen LogP contribution in [0.4, 0.5) is 0 Å². The van der Waals surface area contributed by atoms with Gasteiger partial charge in [0.2, 0.25) is 0 Å². The van der Waals surface area contributed by atoms with Gasteiger partial charge in [-0.25, -0.2) is 0 Å². The highest BCUT2D eigenvalue weighted by atomic mass is 16.5. The zero-order valence-corrected chi connectivity index (χ0v) is 11.5. The van der Waals surface area contributed by atoms with Crippen LogP contribution in [0.15, 0.2) is 18.2 Å². The van der Waals surface area contributed by atoms with E-state index in [9.17, 15) is 0 Å². The molecule has 0 spiro atoms. The maximum Gasteiger partial charge on any atom is 0.122 e. The first-order valence-corrected chi connectivity index (χ1v) is 6.58. The number of nitrogens with two attached hydrogens (primary N) is 1. The highest BCUT2D eigenvalue weighted by Crippen LogP contribution is 2.23. The summed E-state index contributed by atoms with van der Waals surface area (Å²) >= 11 is 0. The lowest BCUT2D eigenvalue weighted by molar-refractivity contribution is 0.215. The van der Waals surface area contributed by atoms with Crippen LogP contribution in [-0.4, -0.2) is 12.1 Å². The van der Waals surface area contributed by atoms with Crippen molar-refractivity contribution in [2.24, 2.45) is 5.73 Å². The molecule has 2 N–H and O–H groups in total. The average Bonchev–Trinajstić information content (AvgIpc) is 2.32. The number of rotatable bonds is 6. The van der Waals surface area contributed by atoms with Gasteiger partial charge in [0.15, 0.2) is 0 Å². The lowest BCUT2D eigenvalue weighted by atomic mass is 10.0. The van der Waals surface area contributed by atoms with Gasteiger partial charge in [0.1, 0.15) is 5.75 Å². The molecule has 0 fully saturated rings. The van der Waals surface area contributed by atoms with Crippen LogP contribution in [0, 0.1) is 6.92 Å². The Balaban J connectivity index is 2.87. The van der Waals surface area contributed by atoms with Crippen molar-refractivity contribution in [3.8, 4) is 5.75 Å². The lowest BCUT2D eigenvalue weighted by Gasteiger charge is -2.18. The van der Waals surface area contributed by atoms with Gasteiger partial charge in [-0.1, -0.05) is 31.5 Å². The predicted molar refractivity (Wildman–Crippen MR) is 73.5 cm³/mol. The van der Waals surface area contributed by atoms with Crippen molar-refractivity contribution in [1.82, 2.24) is 0 Å². The summed E-state index contributed by atoms with van der Waals surface area (Å²) in [7, 11) is 0. The van der Waals surface area contributed by atoms with Crippen molar-refractivity contribution in [1.29, 1.82) is 0 Å². The van der Waals surface area contributed by atoms with Gasteiger partial charge in [-0.15, -0.1) is 0 Å². The average molecular weight is 235 g/mol. The topological polar surface area (TPSA) is 35.2 Å². The minimum atomic E-state index is 0.219. The van der Waals surface area contributed by atoms with Gasteiger partial charge in [-0.2, -0.15) is 0 Å². The van der Waals surface area contributed by atoms with Crippen molar-refractivity contribution >= 4 is 0 Å². The Labute approximate surface area is 105 Å². The molecule has 17 heavy (non-hydrogen) atoms. The van der Waals surface area contributed by atoms with Crippen LogP contribution in [0.3, 0.4) is 0 Å². The second-order valence-corrected chi connectivity index (χ2v) is 4.82. The summed E-state index contributed by atoms with van der Waals surface area (Å²) in [6, 6.07) is 6.57. The maximum atomic E-state index is 6.03. The Morgan fingerprint density at radius 3 is 2.53 bits per heavy atom. The van der Waals surface area contributed by atoms with E-state index in [0.717, 1.165) is 25.0 Å². The normalized spacial score (nSPS) is 14.4. The van der Waals surface area contributed by atoms with Gasteiger partial charge < -0.3 is 10.5 Å². The number of aryl methyl sites for hydroxylation is 1. The first-order valence-electron chi connectivity index (χ1n) is 6.58. The highest BCUT2D eigenvalue weighted by Gasteiger charge is 2.10. The molecule has 1 aromatic rings. The third-order valence-corrected chi connectivity index (χ3v) is 3.13. The van der Waals surface area contributed by atoms with Crippen LogP contribution in [0.2, 0.25) is 0 Å². The summed E-state index contributed by atoms with van der Waals surface area (Å²) in [5, 5.41) is 0. The maximum absolute atomic E-state index is 6.03. The molecule has 0 amide bonds. The molecule has 0 saturated carbocycles. The number of ether oxygens (including phenoxy) is 1. The van der Waals surface area contributed by atoms with Crippen LogP contribution in [0.25, 0.3) is 0 Å². The molecule has 2 atom stereocenters. The third kappa shape index (κ3) is 4.39. The minimum absolute atomic E-state index is 0.219. The van der Waals surface area contributed by atoms with Crippen molar-refractivity contribution in [3.63, 3.8) is 0 Å². The van der Waals surface area contributed by atoms with E-state index in [4.69, 9.17) is 10.5 Å². The van der Waals surface area contributed by atoms with Crippen molar-refractivity contribution < 1.29 is 4.74 Å². The number of hydrogen-bond acceptors (Lipinski definition) is 2. The van der Waals surface area contributed by atoms with E-state index in [1.807, 2.05) is 0 Å². The van der Waals surface area contributed by atoms with Crippen LogP contribution in [-0.2, 0) is 6.42 Å². The van der Waals surface area contributed by atoms with Crippen molar-refractivity contribution in [2.45, 2.75) is 59.1 Å². The second-order valence-electron chi connectivity index (χ2n) is 4.82. The molecule has 0 radical (unpaired) electrons. The van der Waals surface area contributed by atoms with Crippen molar-refractivity contribution in [2.75, 3.05) is 0 Å². The zero-order valence-electron chi connectivity index (χ0n) is 11.5. The molecule has 96 valence electrons. The lowest BCUT2D eigenvalue weighted by Crippen LogP contribution is -2.22. The van der Waals surface area contributed by atoms with E-state index in [1.54, 1.807) is 0 Å². The molecule has 0 heterocycles. The summed E-state index contributed by atoms with van der Waals surface area (Å²) in [5.41, 5.74) is 8.53. The Kier molecular flexibility index (Phi) is 5.49. The molecular weight excluding hydrogens is 210 g/mol. The van der Waals surface area contributed by atoms with Gasteiger partial charge >= 0.3 is 0 Å². The summed E-state index contributed by atoms with van der Waals surface area (Å²) < 4.78 is 5.94. The first kappa shape index (κ1) is 14.0. The van der Waals surface area contributed by atoms with E-state index in [1.165, 1.54) is 11.1 Å². The molecule has 2 unspecified atom stereocenters. The summed E-state index contributed by atoms with van der Waals surface area (Å²) in [4.78, 5) is 0. The quantitative estimate of drug-likeness (QED) is 0.819. The molecule has 0 saturated heterocycles. The monoisotopic (exact) mass is 235 g/mol. The number of benzene rings is 1. The molecule has 0 aliphatic heterocycles. The van der Waals surface area contributed by atoms with Crippen LogP contribution < -0.4 is 10.5 Å². The molecular formula is C15H25NO. The standard InChI is InChI=1S/C15H25NO/c1-5-12(4)17-15-8-7-11(3)9-13(15)10-14(16)6-2/h7-9,12,14H,5-6,10,16H2,1-4H3. The Morgan fingerprint density at radius 2 is 1.94 bits per heavy atom. The van der Waals surface area contributed by atoms with Crippen LogP contribution in [0.5, 0.6) is 5.75 Å². The van der Waals surface area contributed by atoms with Gasteiger partial charge in [0.25, 0.3) is 0 Å². The second kappa shape index (κ2) is 6.65. The fourth-order valence-corrected chi connectivity index (χ4v) is 1.71. The molecule has 0 aliphatic rings. The Bertz CT molecular complexity index is 349. The van der Waals surface area contributed by atoms with Gasteiger partial charge in [0.05, 0.1) is 6.10 Å². The molecule has 2 heteroatoms. The van der Waals surface area contributed by atoms with Crippen molar-refractivity contribution in [3.05, 3.63) is 29.3 Å². The Morgan fingerprint density at radius 1 is 1.24 bits per heavy atom. The minimum Gasteiger partial charge on any atom is -0.490 e. The SMILES string of the molecule is CCC(N)Cc1cc(C)ccc1OC(C)CC. The third-order valence-electron chi connectivity index (χ3n) is 3.13. The van der Waals surface area contributed by atoms with E-state index < -0.39 is 0 Å². The van der Waals surface area contributed by atoms with Crippen LogP contribution in [0.1, 0.15) is 44.7 Å². The van der Waals surface area contributed by atoms with E-state index in [2.05, 4.69) is 45.9 Å². The predicted octanol–water partition coefficient (Wildman–Crippen LogP) is 3.45. The smallest absolute Gasteiger partial charge is 0.122 e. The highest BCUT2D eigenvalue weighted by molar-refractivity contribution is 5.37. The fourth-order valence-electron chi connectivity index (χ4n) is 1.71. The summed E-state index contributed by atoms with van der Waals surface area (Å²) in [6.45, 7) is 8.46. The molecule has 0 aromatic heterocycles. The van der Waals surface area contributed by atoms with Gasteiger partial charge in [-0.3, -0.25) is 0 Å². The molecule has 1 rings (SSSR count). The molecule has 2 nitrogen and oxygen atoms in total. The summed E-state index contributed by atoms with van der Waals surface area (Å²) in [6.07, 6.45) is 3.17. The summed E-state index contributed by atoms with van der Waals surface area (Å²) in [5.74, 6) is 0.994. The fraction of sp³-hybridized carbons (Fsp3) is 0.600. The van der Waals surface area contributed by atoms with E-state index >= 15 is 0 Å². The molecule has 1 aromatic carbocycles. The zero-order chi connectivity index (χ0) is 12.8. The van der Waals surface area contributed by atoms with E-state index in [0.29, 0.717) is 0 Å². The van der Waals surface area contributed by atoms with Crippen LogP contribution >= 0.6 is 0 Å². The van der Waals surface area contributed by atoms with Gasteiger partial charge in [0, 0.05) is 6.04 Å². The molecule has 0 aliphatic carbocycles. The van der Waals surface area contributed by atoms with E-state index in [-0.39, 0.29) is 12.1 Å².